The van der Waals surface area contributed by atoms with Crippen LogP contribution >= 0.6 is 0 Å². The zero-order valence-electron chi connectivity index (χ0n) is 19.3. The van der Waals surface area contributed by atoms with Crippen molar-refractivity contribution in [2.24, 2.45) is 13.0 Å². The molecule has 6 nitrogen and oxygen atoms in total. The molecular weight excluding hydrogens is 421 g/mol. The highest BCUT2D eigenvalue weighted by molar-refractivity contribution is 5.65. The third-order valence-corrected chi connectivity index (χ3v) is 5.76. The normalized spacial score (nSPS) is 14.6. The second-order valence-corrected chi connectivity index (χ2v) is 8.61. The summed E-state index contributed by atoms with van der Waals surface area (Å²) in [7, 11) is 1.81. The van der Waals surface area contributed by atoms with Gasteiger partial charge in [-0.3, -0.25) is 4.90 Å². The molecule has 0 radical (unpaired) electrons. The maximum atomic E-state index is 14.4. The molecule has 3 aromatic rings. The van der Waals surface area contributed by atoms with Gasteiger partial charge in [0.05, 0.1) is 18.3 Å². The molecule has 1 heterocycles. The lowest BCUT2D eigenvalue weighted by molar-refractivity contribution is 0.0186. The highest BCUT2D eigenvalue weighted by atomic mass is 19.1. The fourth-order valence-corrected chi connectivity index (χ4v) is 3.98. The minimum Gasteiger partial charge on any atom is -0.436 e. The van der Waals surface area contributed by atoms with Crippen LogP contribution in [0, 0.1) is 11.7 Å². The van der Waals surface area contributed by atoms with Gasteiger partial charge in [0.1, 0.15) is 5.69 Å². The van der Waals surface area contributed by atoms with Gasteiger partial charge in [-0.2, -0.15) is 5.10 Å². The summed E-state index contributed by atoms with van der Waals surface area (Å²) in [5, 5.41) is 15.3. The first kappa shape index (κ1) is 23.4. The van der Waals surface area contributed by atoms with Crippen LogP contribution in [0.2, 0.25) is 0 Å². The Bertz CT molecular complexity index is 1040. The molecular formula is C26H32FN3O3. The Morgan fingerprint density at radius 3 is 2.58 bits per heavy atom. The topological polar surface area (TPSA) is 59.8 Å². The number of benzene rings is 2. The van der Waals surface area contributed by atoms with Crippen molar-refractivity contribution in [2.75, 3.05) is 26.3 Å². The van der Waals surface area contributed by atoms with Gasteiger partial charge >= 0.3 is 0 Å². The molecule has 1 saturated carbocycles. The van der Waals surface area contributed by atoms with Crippen molar-refractivity contribution < 1.29 is 19.0 Å². The molecule has 33 heavy (non-hydrogen) atoms. The zero-order valence-corrected chi connectivity index (χ0v) is 19.3. The van der Waals surface area contributed by atoms with Gasteiger partial charge in [0.2, 0.25) is 5.88 Å². The summed E-state index contributed by atoms with van der Waals surface area (Å²) < 4.78 is 27.5. The number of hydrogen-bond donors (Lipinski definition) is 1. The number of halogens is 1. The Kier molecular flexibility index (Phi) is 7.75. The molecule has 1 fully saturated rings. The maximum Gasteiger partial charge on any atom is 0.222 e. The molecule has 1 aliphatic rings. The Morgan fingerprint density at radius 1 is 1.15 bits per heavy atom. The van der Waals surface area contributed by atoms with E-state index in [-0.39, 0.29) is 5.75 Å². The minimum atomic E-state index is -0.587. The van der Waals surface area contributed by atoms with Crippen LogP contribution in [0.15, 0.2) is 54.6 Å². The minimum absolute atomic E-state index is 0.159. The average molecular weight is 454 g/mol. The van der Waals surface area contributed by atoms with Gasteiger partial charge in [0.25, 0.3) is 0 Å². The Labute approximate surface area is 194 Å². The molecule has 1 aromatic heterocycles. The molecule has 176 valence electrons. The van der Waals surface area contributed by atoms with Gasteiger partial charge in [0, 0.05) is 38.9 Å². The third-order valence-electron chi connectivity index (χ3n) is 5.76. The number of ether oxygens (including phenoxy) is 2. The predicted octanol–water partition coefficient (Wildman–Crippen LogP) is 4.63. The number of hydrogen-bond acceptors (Lipinski definition) is 5. The number of aryl methyl sites for hydroxylation is 1. The summed E-state index contributed by atoms with van der Waals surface area (Å²) in [6.45, 7) is 4.68. The van der Waals surface area contributed by atoms with E-state index in [1.165, 1.54) is 18.9 Å². The van der Waals surface area contributed by atoms with Crippen molar-refractivity contribution >= 4 is 0 Å². The second kappa shape index (κ2) is 10.9. The highest BCUT2D eigenvalue weighted by Gasteiger charge is 2.28. The Balaban J connectivity index is 1.67. The Morgan fingerprint density at radius 2 is 1.88 bits per heavy atom. The molecule has 0 bridgehead atoms. The maximum absolute atomic E-state index is 14.4. The van der Waals surface area contributed by atoms with E-state index in [9.17, 15) is 9.50 Å². The first-order valence-corrected chi connectivity index (χ1v) is 11.6. The lowest BCUT2D eigenvalue weighted by Crippen LogP contribution is -2.36. The molecule has 1 N–H and O–H groups in total. The van der Waals surface area contributed by atoms with Crippen LogP contribution < -0.4 is 4.74 Å². The number of aliphatic hydroxyl groups is 1. The SMILES string of the molecule is CCOC[C@@H](O)CN(Cc1c(-c2ccccc2)nn(C)c1Oc1ccccc1F)CC1CC1. The van der Waals surface area contributed by atoms with Crippen LogP contribution in [-0.4, -0.2) is 52.2 Å². The molecule has 0 saturated heterocycles. The molecule has 7 heteroatoms. The smallest absolute Gasteiger partial charge is 0.222 e. The highest BCUT2D eigenvalue weighted by Crippen LogP contribution is 2.36. The van der Waals surface area contributed by atoms with E-state index in [4.69, 9.17) is 14.6 Å². The van der Waals surface area contributed by atoms with Gasteiger partial charge in [0.15, 0.2) is 11.6 Å². The van der Waals surface area contributed by atoms with E-state index in [1.807, 2.05) is 37.3 Å². The van der Waals surface area contributed by atoms with E-state index in [2.05, 4.69) is 4.90 Å². The molecule has 0 spiro atoms. The summed E-state index contributed by atoms with van der Waals surface area (Å²) in [5.74, 6) is 0.871. The standard InChI is InChI=1S/C26H32FN3O3/c1-3-32-18-21(31)16-30(15-19-13-14-19)17-22-25(20-9-5-4-6-10-20)28-29(2)26(22)33-24-12-8-7-11-23(24)27/h4-12,19,21,31H,3,13-18H2,1-2H3/t21-/m0/s1. The van der Waals surface area contributed by atoms with Gasteiger partial charge in [-0.15, -0.1) is 0 Å². The Hall–Kier alpha value is -2.74. The van der Waals surface area contributed by atoms with Crippen molar-refractivity contribution in [3.63, 3.8) is 0 Å². The number of aromatic nitrogens is 2. The largest absolute Gasteiger partial charge is 0.436 e. The number of aliphatic hydroxyl groups excluding tert-OH is 1. The van der Waals surface area contributed by atoms with Crippen LogP contribution in [0.25, 0.3) is 11.3 Å². The van der Waals surface area contributed by atoms with Crippen molar-refractivity contribution in [1.29, 1.82) is 0 Å². The zero-order chi connectivity index (χ0) is 23.2. The summed E-state index contributed by atoms with van der Waals surface area (Å²) in [4.78, 5) is 2.24. The van der Waals surface area contributed by atoms with E-state index in [0.717, 1.165) is 23.4 Å². The molecule has 2 aromatic carbocycles. The lowest BCUT2D eigenvalue weighted by atomic mass is 10.1. The van der Waals surface area contributed by atoms with Gasteiger partial charge in [-0.25, -0.2) is 9.07 Å². The first-order valence-electron chi connectivity index (χ1n) is 11.6. The van der Waals surface area contributed by atoms with Crippen LogP contribution in [0.4, 0.5) is 4.39 Å². The summed E-state index contributed by atoms with van der Waals surface area (Å²) in [6.07, 6.45) is 1.82. The van der Waals surface area contributed by atoms with Crippen molar-refractivity contribution in [2.45, 2.75) is 32.4 Å². The van der Waals surface area contributed by atoms with E-state index < -0.39 is 11.9 Å². The van der Waals surface area contributed by atoms with E-state index in [1.54, 1.807) is 29.9 Å². The van der Waals surface area contributed by atoms with E-state index in [0.29, 0.717) is 38.1 Å². The van der Waals surface area contributed by atoms with Crippen LogP contribution in [0.1, 0.15) is 25.3 Å². The quantitative estimate of drug-likeness (QED) is 0.433. The van der Waals surface area contributed by atoms with Crippen molar-refractivity contribution in [3.05, 3.63) is 66.0 Å². The van der Waals surface area contributed by atoms with Gasteiger partial charge in [-0.1, -0.05) is 42.5 Å². The van der Waals surface area contributed by atoms with Crippen LogP contribution in [-0.2, 0) is 18.3 Å². The molecule has 0 amide bonds. The molecule has 4 rings (SSSR count). The number of rotatable bonds is 12. The summed E-state index contributed by atoms with van der Waals surface area (Å²) in [5.41, 5.74) is 2.63. The van der Waals surface area contributed by atoms with Gasteiger partial charge < -0.3 is 14.6 Å². The van der Waals surface area contributed by atoms with Crippen LogP contribution in [0.5, 0.6) is 11.6 Å². The predicted molar refractivity (Wildman–Crippen MR) is 126 cm³/mol. The van der Waals surface area contributed by atoms with Crippen LogP contribution in [0.3, 0.4) is 0 Å². The van der Waals surface area contributed by atoms with Gasteiger partial charge in [-0.05, 0) is 37.8 Å². The molecule has 0 unspecified atom stereocenters. The fourth-order valence-electron chi connectivity index (χ4n) is 3.98. The van der Waals surface area contributed by atoms with Crippen molar-refractivity contribution in [3.8, 4) is 22.9 Å². The van der Waals surface area contributed by atoms with E-state index >= 15 is 0 Å². The first-order chi connectivity index (χ1) is 16.0. The number of para-hydroxylation sites is 1. The lowest BCUT2D eigenvalue weighted by Gasteiger charge is -2.25. The third kappa shape index (κ3) is 6.19. The molecule has 1 atom stereocenters. The summed E-state index contributed by atoms with van der Waals surface area (Å²) >= 11 is 0. The average Bonchev–Trinajstić information content (AvgIpc) is 3.58. The fraction of sp³-hybridized carbons (Fsp3) is 0.423. The second-order valence-electron chi connectivity index (χ2n) is 8.61. The summed E-state index contributed by atoms with van der Waals surface area (Å²) in [6, 6.07) is 16.3. The van der Waals surface area contributed by atoms with Crippen molar-refractivity contribution in [1.82, 2.24) is 14.7 Å². The molecule has 1 aliphatic carbocycles. The number of nitrogens with zero attached hydrogens (tertiary/aromatic N) is 3. The monoisotopic (exact) mass is 453 g/mol. The molecule has 0 aliphatic heterocycles.